The molecule has 2 heterocycles. The maximum absolute atomic E-state index is 12.2. The Kier molecular flexibility index (Phi) is 4.82. The van der Waals surface area contributed by atoms with Crippen LogP contribution in [0.3, 0.4) is 0 Å². The predicted molar refractivity (Wildman–Crippen MR) is 103 cm³/mol. The molecule has 142 valence electrons. The van der Waals surface area contributed by atoms with Gasteiger partial charge in [0.15, 0.2) is 0 Å². The first-order valence-corrected chi connectivity index (χ1v) is 11.1. The van der Waals surface area contributed by atoms with E-state index in [4.69, 9.17) is 4.99 Å². The Morgan fingerprint density at radius 1 is 1.28 bits per heavy atom. The summed E-state index contributed by atoms with van der Waals surface area (Å²) in [6, 6.07) is 0.200. The summed E-state index contributed by atoms with van der Waals surface area (Å²) in [6.07, 6.45) is 2.57. The van der Waals surface area contributed by atoms with Gasteiger partial charge in [-0.2, -0.15) is 0 Å². The van der Waals surface area contributed by atoms with Crippen molar-refractivity contribution in [1.29, 1.82) is 0 Å². The zero-order chi connectivity index (χ0) is 18.6. The quantitative estimate of drug-likeness (QED) is 0.812. The molecule has 0 amide bonds. The van der Waals surface area contributed by atoms with Gasteiger partial charge in [-0.3, -0.25) is 4.99 Å². The fraction of sp³-hybridized carbons (Fsp3) is 0.842. The molecule has 3 aliphatic rings. The summed E-state index contributed by atoms with van der Waals surface area (Å²) in [5.41, 5.74) is 2.86. The molecule has 1 saturated heterocycles. The van der Waals surface area contributed by atoms with E-state index in [9.17, 15) is 8.42 Å². The summed E-state index contributed by atoms with van der Waals surface area (Å²) in [7, 11) is -3.10. The van der Waals surface area contributed by atoms with Crippen molar-refractivity contribution in [2.45, 2.75) is 72.1 Å². The Bertz CT molecular complexity index is 697. The van der Waals surface area contributed by atoms with E-state index in [1.807, 2.05) is 0 Å². The average Bonchev–Trinajstić information content (AvgIpc) is 3.24. The third kappa shape index (κ3) is 3.80. The first-order chi connectivity index (χ1) is 11.5. The molecule has 1 N–H and O–H groups in total. The third-order valence-corrected chi connectivity index (χ3v) is 7.36. The van der Waals surface area contributed by atoms with Crippen molar-refractivity contribution in [3.63, 3.8) is 0 Å². The van der Waals surface area contributed by atoms with Crippen molar-refractivity contribution < 1.29 is 8.42 Å². The van der Waals surface area contributed by atoms with Gasteiger partial charge in [-0.05, 0) is 43.1 Å². The number of amidine groups is 1. The summed E-state index contributed by atoms with van der Waals surface area (Å²) < 4.78 is 27.2. The molecule has 1 saturated carbocycles. The van der Waals surface area contributed by atoms with Crippen LogP contribution in [0.4, 0.5) is 0 Å². The molecule has 2 atom stereocenters. The van der Waals surface area contributed by atoms with Crippen LogP contribution in [0, 0.1) is 17.3 Å². The smallest absolute Gasteiger partial charge is 0.214 e. The molecular formula is C19H33N3O2S. The third-order valence-electron chi connectivity index (χ3n) is 5.44. The van der Waals surface area contributed by atoms with Gasteiger partial charge in [-0.1, -0.05) is 34.6 Å². The van der Waals surface area contributed by atoms with Gasteiger partial charge >= 0.3 is 0 Å². The van der Waals surface area contributed by atoms with E-state index in [1.54, 1.807) is 0 Å². The first-order valence-electron chi connectivity index (χ1n) is 9.58. The first kappa shape index (κ1) is 18.9. The summed E-state index contributed by atoms with van der Waals surface area (Å²) in [5, 5.41) is -0.145. The normalized spacial score (nSPS) is 27.8. The maximum atomic E-state index is 12.2. The topological polar surface area (TPSA) is 61.8 Å². The highest BCUT2D eigenvalue weighted by molar-refractivity contribution is 7.90. The molecular weight excluding hydrogens is 334 g/mol. The van der Waals surface area contributed by atoms with Gasteiger partial charge in [0.25, 0.3) is 0 Å². The lowest BCUT2D eigenvalue weighted by Gasteiger charge is -2.38. The van der Waals surface area contributed by atoms with Crippen LogP contribution in [-0.2, 0) is 10.0 Å². The van der Waals surface area contributed by atoms with Crippen LogP contribution >= 0.6 is 0 Å². The lowest BCUT2D eigenvalue weighted by molar-refractivity contribution is 0.412. The van der Waals surface area contributed by atoms with Gasteiger partial charge < -0.3 is 4.90 Å². The van der Waals surface area contributed by atoms with Gasteiger partial charge in [-0.15, -0.1) is 0 Å². The molecule has 25 heavy (non-hydrogen) atoms. The Morgan fingerprint density at radius 3 is 2.44 bits per heavy atom. The molecule has 1 unspecified atom stereocenters. The molecule has 2 aliphatic heterocycles. The van der Waals surface area contributed by atoms with Gasteiger partial charge in [0.2, 0.25) is 10.0 Å². The van der Waals surface area contributed by atoms with Crippen molar-refractivity contribution >= 4 is 15.9 Å². The number of hydrogen-bond donors (Lipinski definition) is 1. The Hall–Kier alpha value is -0.880. The van der Waals surface area contributed by atoms with Crippen LogP contribution in [-0.4, -0.2) is 43.5 Å². The lowest BCUT2D eigenvalue weighted by Crippen LogP contribution is -2.40. The Labute approximate surface area is 153 Å². The van der Waals surface area contributed by atoms with E-state index in [2.05, 4.69) is 51.2 Å². The molecule has 0 spiro atoms. The number of sulfonamides is 1. The van der Waals surface area contributed by atoms with E-state index >= 15 is 0 Å². The zero-order valence-electron chi connectivity index (χ0n) is 16.5. The summed E-state index contributed by atoms with van der Waals surface area (Å²) >= 11 is 0. The summed E-state index contributed by atoms with van der Waals surface area (Å²) in [4.78, 5) is 7.38. The van der Waals surface area contributed by atoms with Crippen LogP contribution in [0.15, 0.2) is 16.3 Å². The minimum atomic E-state index is -3.10. The number of aliphatic imine (C=N–C) groups is 1. The maximum Gasteiger partial charge on any atom is 0.214 e. The Balaban J connectivity index is 1.82. The highest BCUT2D eigenvalue weighted by atomic mass is 32.2. The van der Waals surface area contributed by atoms with Gasteiger partial charge in [-0.25, -0.2) is 13.1 Å². The van der Waals surface area contributed by atoms with Crippen LogP contribution in [0.5, 0.6) is 0 Å². The number of rotatable bonds is 5. The van der Waals surface area contributed by atoms with Crippen LogP contribution in [0.2, 0.25) is 0 Å². The molecule has 6 heteroatoms. The van der Waals surface area contributed by atoms with Crippen molar-refractivity contribution in [3.8, 4) is 0 Å². The molecule has 0 radical (unpaired) electrons. The van der Waals surface area contributed by atoms with E-state index in [-0.39, 0.29) is 16.7 Å². The second kappa shape index (κ2) is 6.38. The predicted octanol–water partition coefficient (Wildman–Crippen LogP) is 3.15. The number of nitrogens with zero attached hydrogens (tertiary/aromatic N) is 2. The number of nitrogens with one attached hydrogen (secondary N) is 1. The SMILES string of the molecule is CC(C)C1=N[C@@H](C)C(C(C)(C)C)=C2CC(CNS(=O)(=O)C3CC3)CN12. The number of allylic oxidation sites excluding steroid dienone is 1. The van der Waals surface area contributed by atoms with Crippen LogP contribution < -0.4 is 4.72 Å². The van der Waals surface area contributed by atoms with Crippen molar-refractivity contribution in [2.75, 3.05) is 13.1 Å². The lowest BCUT2D eigenvalue weighted by atomic mass is 9.79. The fourth-order valence-electron chi connectivity index (χ4n) is 4.26. The average molecular weight is 368 g/mol. The molecule has 0 bridgehead atoms. The molecule has 3 rings (SSSR count). The summed E-state index contributed by atoms with van der Waals surface area (Å²) in [6.45, 7) is 14.7. The number of hydrogen-bond acceptors (Lipinski definition) is 4. The number of fused-ring (bicyclic) bond motifs is 1. The second-order valence-electron chi connectivity index (χ2n) is 9.20. The molecule has 1 aliphatic carbocycles. The molecule has 0 aromatic heterocycles. The fourth-order valence-corrected chi connectivity index (χ4v) is 5.73. The van der Waals surface area contributed by atoms with Crippen LogP contribution in [0.1, 0.15) is 60.8 Å². The Morgan fingerprint density at radius 2 is 1.92 bits per heavy atom. The minimum Gasteiger partial charge on any atom is -0.333 e. The van der Waals surface area contributed by atoms with Gasteiger partial charge in [0.1, 0.15) is 5.84 Å². The minimum absolute atomic E-state index is 0.0709. The van der Waals surface area contributed by atoms with E-state index < -0.39 is 10.0 Å². The van der Waals surface area contributed by atoms with Crippen molar-refractivity contribution in [1.82, 2.24) is 9.62 Å². The molecule has 5 nitrogen and oxygen atoms in total. The van der Waals surface area contributed by atoms with Crippen LogP contribution in [0.25, 0.3) is 0 Å². The standard InChI is InChI=1S/C19H33N3O2S/c1-12(2)18-21-13(3)17(19(4,5)6)16-9-14(11-22(16)18)10-20-25(23,24)15-7-8-15/h12-15,20H,7-11H2,1-6H3/t13-,14?/m0/s1. The van der Waals surface area contributed by atoms with Crippen molar-refractivity contribution in [3.05, 3.63) is 11.3 Å². The van der Waals surface area contributed by atoms with E-state index in [0.717, 1.165) is 31.6 Å². The monoisotopic (exact) mass is 367 g/mol. The largest absolute Gasteiger partial charge is 0.333 e. The van der Waals surface area contributed by atoms with Crippen molar-refractivity contribution in [2.24, 2.45) is 22.2 Å². The highest BCUT2D eigenvalue weighted by Crippen LogP contribution is 2.42. The second-order valence-corrected chi connectivity index (χ2v) is 11.2. The molecule has 2 fully saturated rings. The molecule has 0 aromatic carbocycles. The zero-order valence-corrected chi connectivity index (χ0v) is 17.3. The van der Waals surface area contributed by atoms with Gasteiger partial charge in [0.05, 0.1) is 11.3 Å². The van der Waals surface area contributed by atoms with E-state index in [0.29, 0.717) is 18.4 Å². The molecule has 0 aromatic rings. The van der Waals surface area contributed by atoms with E-state index in [1.165, 1.54) is 11.3 Å². The summed E-state index contributed by atoms with van der Waals surface area (Å²) in [5.74, 6) is 1.85. The highest BCUT2D eigenvalue weighted by Gasteiger charge is 2.41. The van der Waals surface area contributed by atoms with Gasteiger partial charge in [0, 0.05) is 24.7 Å².